The van der Waals surface area contributed by atoms with Gasteiger partial charge in [0.2, 0.25) is 0 Å². The molecule has 4 heteroatoms. The molecule has 0 aliphatic carbocycles. The van der Waals surface area contributed by atoms with Crippen LogP contribution in [0.15, 0.2) is 23.3 Å². The Balaban J connectivity index is 3.96. The van der Waals surface area contributed by atoms with Gasteiger partial charge in [-0.1, -0.05) is 39.3 Å². The molecule has 0 N–H and O–H groups in total. The van der Waals surface area contributed by atoms with Crippen LogP contribution in [0.2, 0.25) is 0 Å². The van der Waals surface area contributed by atoms with E-state index in [2.05, 4.69) is 6.08 Å². The minimum atomic E-state index is -0.145. The van der Waals surface area contributed by atoms with Crippen LogP contribution in [0.3, 0.4) is 0 Å². The van der Waals surface area contributed by atoms with E-state index in [0.29, 0.717) is 37.9 Å². The zero-order valence-corrected chi connectivity index (χ0v) is 16.2. The van der Waals surface area contributed by atoms with E-state index in [-0.39, 0.29) is 11.9 Å². The van der Waals surface area contributed by atoms with Gasteiger partial charge in [-0.2, -0.15) is 0 Å². The predicted molar refractivity (Wildman–Crippen MR) is 97.6 cm³/mol. The molecule has 0 unspecified atom stereocenters. The molecule has 0 spiro atoms. The van der Waals surface area contributed by atoms with E-state index in [0.717, 1.165) is 18.4 Å². The predicted octanol–water partition coefficient (Wildman–Crippen LogP) is 4.84. The number of carbonyl (C=O) groups is 2. The summed E-state index contributed by atoms with van der Waals surface area (Å²) >= 11 is 0. The van der Waals surface area contributed by atoms with Crippen molar-refractivity contribution in [2.24, 2.45) is 11.8 Å². The quantitative estimate of drug-likeness (QED) is 0.400. The maximum absolute atomic E-state index is 11.5. The molecule has 0 bridgehead atoms. The van der Waals surface area contributed by atoms with Crippen molar-refractivity contribution >= 4 is 11.9 Å². The van der Waals surface area contributed by atoms with Gasteiger partial charge in [-0.25, -0.2) is 0 Å². The van der Waals surface area contributed by atoms with Crippen LogP contribution < -0.4 is 0 Å². The van der Waals surface area contributed by atoms with Gasteiger partial charge in [-0.3, -0.25) is 9.59 Å². The van der Waals surface area contributed by atoms with E-state index >= 15 is 0 Å². The average molecular weight is 338 g/mol. The second-order valence-corrected chi connectivity index (χ2v) is 7.18. The molecule has 138 valence electrons. The molecule has 24 heavy (non-hydrogen) atoms. The number of carbonyl (C=O) groups excluding carboxylic acids is 2. The van der Waals surface area contributed by atoms with Crippen molar-refractivity contribution in [1.29, 1.82) is 0 Å². The Labute approximate surface area is 147 Å². The second-order valence-electron chi connectivity index (χ2n) is 7.18. The highest BCUT2D eigenvalue weighted by Gasteiger charge is 2.06. The molecule has 0 aromatic carbocycles. The zero-order chi connectivity index (χ0) is 18.5. The lowest BCUT2D eigenvalue weighted by Gasteiger charge is -2.07. The summed E-state index contributed by atoms with van der Waals surface area (Å²) in [6, 6.07) is 0. The molecule has 0 aromatic heterocycles. The minimum absolute atomic E-state index is 0.142. The third kappa shape index (κ3) is 14.0. The zero-order valence-electron chi connectivity index (χ0n) is 16.2. The summed E-state index contributed by atoms with van der Waals surface area (Å²) < 4.78 is 10.4. The van der Waals surface area contributed by atoms with Crippen LogP contribution >= 0.6 is 0 Å². The highest BCUT2D eigenvalue weighted by molar-refractivity contribution is 5.70. The van der Waals surface area contributed by atoms with Crippen molar-refractivity contribution in [3.05, 3.63) is 23.3 Å². The van der Waals surface area contributed by atoms with Gasteiger partial charge in [0.25, 0.3) is 0 Å². The lowest BCUT2D eigenvalue weighted by atomic mass is 10.1. The van der Waals surface area contributed by atoms with E-state index < -0.39 is 0 Å². The average Bonchev–Trinajstić information content (AvgIpc) is 2.43. The Bertz CT molecular complexity index is 445. The van der Waals surface area contributed by atoms with Crippen LogP contribution in [0.5, 0.6) is 0 Å². The maximum Gasteiger partial charge on any atom is 0.306 e. The van der Waals surface area contributed by atoms with E-state index in [1.807, 2.05) is 47.6 Å². The number of rotatable bonds is 11. The fourth-order valence-corrected chi connectivity index (χ4v) is 1.96. The Hall–Kier alpha value is -1.58. The number of ether oxygens (including phenoxy) is 2. The molecule has 0 aromatic rings. The number of hydrogen-bond donors (Lipinski definition) is 0. The van der Waals surface area contributed by atoms with Gasteiger partial charge in [0, 0.05) is 12.8 Å². The summed E-state index contributed by atoms with van der Waals surface area (Å²) in [7, 11) is 0. The van der Waals surface area contributed by atoms with E-state index in [1.165, 1.54) is 5.57 Å². The number of esters is 2. The monoisotopic (exact) mass is 338 g/mol. The highest BCUT2D eigenvalue weighted by atomic mass is 16.5. The van der Waals surface area contributed by atoms with E-state index in [1.54, 1.807) is 0 Å². The Morgan fingerprint density at radius 2 is 1.38 bits per heavy atom. The summed E-state index contributed by atoms with van der Waals surface area (Å²) in [6.45, 7) is 12.7. The summed E-state index contributed by atoms with van der Waals surface area (Å²) in [5, 5.41) is 0. The van der Waals surface area contributed by atoms with Crippen LogP contribution in [-0.4, -0.2) is 25.2 Å². The van der Waals surface area contributed by atoms with Crippen LogP contribution in [0.25, 0.3) is 0 Å². The van der Waals surface area contributed by atoms with Crippen LogP contribution in [-0.2, 0) is 19.1 Å². The van der Waals surface area contributed by atoms with Crippen LogP contribution in [0, 0.1) is 11.8 Å². The normalized spacial score (nSPS) is 12.7. The van der Waals surface area contributed by atoms with Gasteiger partial charge in [0.05, 0.1) is 0 Å². The first-order valence-electron chi connectivity index (χ1n) is 8.83. The molecule has 0 atom stereocenters. The van der Waals surface area contributed by atoms with Crippen molar-refractivity contribution in [2.45, 2.75) is 67.2 Å². The molecule has 0 fully saturated rings. The van der Waals surface area contributed by atoms with Gasteiger partial charge < -0.3 is 9.47 Å². The largest absolute Gasteiger partial charge is 0.461 e. The summed E-state index contributed by atoms with van der Waals surface area (Å²) in [6.07, 6.45) is 6.75. The molecule has 0 saturated carbocycles. The van der Waals surface area contributed by atoms with E-state index in [9.17, 15) is 9.59 Å². The molecule has 0 radical (unpaired) electrons. The lowest BCUT2D eigenvalue weighted by molar-refractivity contribution is -0.144. The third-order valence-electron chi connectivity index (χ3n) is 3.32. The van der Waals surface area contributed by atoms with Crippen molar-refractivity contribution in [3.8, 4) is 0 Å². The second kappa shape index (κ2) is 12.8. The molecule has 0 aliphatic rings. The Kier molecular flexibility index (Phi) is 12.0. The summed E-state index contributed by atoms with van der Waals surface area (Å²) in [4.78, 5) is 22.9. The fourth-order valence-electron chi connectivity index (χ4n) is 1.96. The summed E-state index contributed by atoms with van der Waals surface area (Å²) in [5.74, 6) is 0.361. The standard InChI is InChI=1S/C20H34O4/c1-15(2)12-19(21)23-11-10-17(5)8-7-9-18(6)14-24-20(22)13-16(3)4/h9-10,15-16H,7-8,11-14H2,1-6H3/b17-10-,18-9-. The molecule has 4 nitrogen and oxygen atoms in total. The molecule has 0 saturated heterocycles. The van der Waals surface area contributed by atoms with Crippen molar-refractivity contribution < 1.29 is 19.1 Å². The first-order valence-corrected chi connectivity index (χ1v) is 8.83. The smallest absolute Gasteiger partial charge is 0.306 e. The van der Waals surface area contributed by atoms with Crippen molar-refractivity contribution in [3.63, 3.8) is 0 Å². The third-order valence-corrected chi connectivity index (χ3v) is 3.32. The molecule has 0 aliphatic heterocycles. The van der Waals surface area contributed by atoms with Crippen LogP contribution in [0.1, 0.15) is 67.2 Å². The Morgan fingerprint density at radius 1 is 0.833 bits per heavy atom. The fraction of sp³-hybridized carbons (Fsp3) is 0.700. The van der Waals surface area contributed by atoms with E-state index in [4.69, 9.17) is 9.47 Å². The minimum Gasteiger partial charge on any atom is -0.461 e. The molecular formula is C20H34O4. The molecule has 0 amide bonds. The Morgan fingerprint density at radius 3 is 1.92 bits per heavy atom. The molecule has 0 rings (SSSR count). The summed E-state index contributed by atoms with van der Waals surface area (Å²) in [5.41, 5.74) is 2.25. The topological polar surface area (TPSA) is 52.6 Å². The van der Waals surface area contributed by atoms with Crippen molar-refractivity contribution in [1.82, 2.24) is 0 Å². The van der Waals surface area contributed by atoms with Gasteiger partial charge in [0.15, 0.2) is 0 Å². The first-order chi connectivity index (χ1) is 11.2. The maximum atomic E-state index is 11.5. The number of allylic oxidation sites excluding steroid dienone is 2. The van der Waals surface area contributed by atoms with Gasteiger partial charge in [0.1, 0.15) is 13.2 Å². The van der Waals surface area contributed by atoms with Gasteiger partial charge in [-0.15, -0.1) is 0 Å². The SMILES string of the molecule is C/C(=C/COC(=O)CC(C)C)CC/C=C(/C)COC(=O)CC(C)C. The first kappa shape index (κ1) is 22.4. The number of hydrogen-bond acceptors (Lipinski definition) is 4. The lowest BCUT2D eigenvalue weighted by Crippen LogP contribution is -2.09. The van der Waals surface area contributed by atoms with Gasteiger partial charge >= 0.3 is 11.9 Å². The molecular weight excluding hydrogens is 304 g/mol. The van der Waals surface area contributed by atoms with Crippen LogP contribution in [0.4, 0.5) is 0 Å². The highest BCUT2D eigenvalue weighted by Crippen LogP contribution is 2.09. The molecule has 0 heterocycles. The van der Waals surface area contributed by atoms with Crippen molar-refractivity contribution in [2.75, 3.05) is 13.2 Å². The van der Waals surface area contributed by atoms with Gasteiger partial charge in [-0.05, 0) is 50.2 Å².